The number of hydrogen-bond donors (Lipinski definition) is 1. The van der Waals surface area contributed by atoms with Crippen molar-refractivity contribution >= 4 is 5.78 Å². The van der Waals surface area contributed by atoms with Crippen molar-refractivity contribution < 1.29 is 4.79 Å². The monoisotopic (exact) mass is 152 g/mol. The van der Waals surface area contributed by atoms with Crippen LogP contribution in [0.1, 0.15) is 23.1 Å². The summed E-state index contributed by atoms with van der Waals surface area (Å²) in [5.41, 5.74) is 0.558. The Balaban J connectivity index is 3.31. The Hall–Kier alpha value is -1.45. The average molecular weight is 152 g/mol. The molecule has 0 radical (unpaired) electrons. The van der Waals surface area contributed by atoms with Gasteiger partial charge in [-0.15, -0.1) is 0 Å². The highest BCUT2D eigenvalue weighted by atomic mass is 16.1. The Morgan fingerprint density at radius 1 is 1.64 bits per heavy atom. The number of aromatic amines is 1. The molecule has 0 atom stereocenters. The zero-order valence-electron chi connectivity index (χ0n) is 6.34. The highest BCUT2D eigenvalue weighted by Crippen LogP contribution is 1.96. The molecular formula is C7H8N2O2. The molecule has 0 unspecified atom stereocenters. The Morgan fingerprint density at radius 2 is 2.27 bits per heavy atom. The molecule has 1 N–H and O–H groups in total. The summed E-state index contributed by atoms with van der Waals surface area (Å²) in [5.74, 6) is -0.140. The fourth-order valence-corrected chi connectivity index (χ4v) is 0.851. The van der Waals surface area contributed by atoms with Gasteiger partial charge in [-0.2, -0.15) is 0 Å². The zero-order valence-corrected chi connectivity index (χ0v) is 6.34. The zero-order chi connectivity index (χ0) is 8.43. The summed E-state index contributed by atoms with van der Waals surface area (Å²) in [6, 6.07) is 0. The van der Waals surface area contributed by atoms with E-state index in [4.69, 9.17) is 0 Å². The average Bonchev–Trinajstić information content (AvgIpc) is 1.85. The number of nitrogens with one attached hydrogen (secondary N) is 1. The van der Waals surface area contributed by atoms with E-state index >= 15 is 0 Å². The molecule has 0 aliphatic carbocycles. The number of hydrogen-bond acceptors (Lipinski definition) is 3. The molecule has 0 aliphatic rings. The maximum Gasteiger partial charge on any atom is 0.266 e. The third kappa shape index (κ3) is 1.52. The van der Waals surface area contributed by atoms with Crippen LogP contribution in [0.4, 0.5) is 0 Å². The minimum Gasteiger partial charge on any atom is -0.323 e. The van der Waals surface area contributed by atoms with Crippen LogP contribution < -0.4 is 5.56 Å². The van der Waals surface area contributed by atoms with E-state index in [-0.39, 0.29) is 11.3 Å². The Bertz CT molecular complexity index is 341. The fraction of sp³-hybridized carbons (Fsp3) is 0.286. The molecule has 4 heteroatoms. The normalized spacial score (nSPS) is 9.64. The number of carbonyl (C=O) groups excluding carboxylic acids is 1. The summed E-state index contributed by atoms with van der Waals surface area (Å²) in [6.45, 7) is 3.05. The molecule has 0 saturated heterocycles. The second-order valence-corrected chi connectivity index (χ2v) is 2.28. The van der Waals surface area contributed by atoms with E-state index < -0.39 is 0 Å². The van der Waals surface area contributed by atoms with E-state index in [0.29, 0.717) is 11.4 Å². The predicted octanol–water partition coefficient (Wildman–Crippen LogP) is 0.281. The molecule has 1 heterocycles. The van der Waals surface area contributed by atoms with E-state index in [9.17, 15) is 9.59 Å². The lowest BCUT2D eigenvalue weighted by Crippen LogP contribution is -2.12. The summed E-state index contributed by atoms with van der Waals surface area (Å²) in [7, 11) is 0. The van der Waals surface area contributed by atoms with Crippen molar-refractivity contribution in [1.29, 1.82) is 0 Å². The summed E-state index contributed by atoms with van der Waals surface area (Å²) >= 11 is 0. The van der Waals surface area contributed by atoms with Gasteiger partial charge in [-0.1, -0.05) is 0 Å². The highest BCUT2D eigenvalue weighted by molar-refractivity contribution is 5.92. The molecule has 4 nitrogen and oxygen atoms in total. The highest BCUT2D eigenvalue weighted by Gasteiger charge is 2.04. The van der Waals surface area contributed by atoms with Crippen molar-refractivity contribution in [2.45, 2.75) is 13.8 Å². The van der Waals surface area contributed by atoms with Crippen molar-refractivity contribution in [1.82, 2.24) is 9.97 Å². The van der Waals surface area contributed by atoms with Crippen molar-refractivity contribution in [3.8, 4) is 0 Å². The van der Waals surface area contributed by atoms with Crippen LogP contribution in [-0.4, -0.2) is 15.8 Å². The third-order valence-corrected chi connectivity index (χ3v) is 1.31. The van der Waals surface area contributed by atoms with E-state index in [1.165, 1.54) is 6.92 Å². The molecular weight excluding hydrogens is 144 g/mol. The number of aryl methyl sites for hydroxylation is 1. The second kappa shape index (κ2) is 2.65. The number of H-pyrrole nitrogens is 1. The summed E-state index contributed by atoms with van der Waals surface area (Å²) < 4.78 is 0. The summed E-state index contributed by atoms with van der Waals surface area (Å²) in [6.07, 6.45) is 1.10. The van der Waals surface area contributed by atoms with E-state index in [2.05, 4.69) is 9.97 Å². The van der Waals surface area contributed by atoms with Crippen LogP contribution in [0.2, 0.25) is 0 Å². The first-order valence-electron chi connectivity index (χ1n) is 3.18. The smallest absolute Gasteiger partial charge is 0.266 e. The fourth-order valence-electron chi connectivity index (χ4n) is 0.851. The van der Waals surface area contributed by atoms with Gasteiger partial charge in [-0.25, -0.2) is 4.98 Å². The minimum absolute atomic E-state index is 0.140. The summed E-state index contributed by atoms with van der Waals surface area (Å²) in [5, 5.41) is 0. The van der Waals surface area contributed by atoms with Crippen LogP contribution in [0.15, 0.2) is 11.0 Å². The molecule has 0 saturated carbocycles. The standard InChI is InChI=1S/C7H8N2O2/c1-4-7(5(2)10)8-3-6(11)9-4/h3H,1-2H3,(H,9,11). The number of ketones is 1. The molecule has 0 aromatic carbocycles. The quantitative estimate of drug-likeness (QED) is 0.588. The molecule has 0 aliphatic heterocycles. The lowest BCUT2D eigenvalue weighted by atomic mass is 10.2. The topological polar surface area (TPSA) is 62.8 Å². The summed E-state index contributed by atoms with van der Waals surface area (Å²) in [4.78, 5) is 27.6. The van der Waals surface area contributed by atoms with Crippen LogP contribution in [0.25, 0.3) is 0 Å². The van der Waals surface area contributed by atoms with Crippen molar-refractivity contribution in [3.63, 3.8) is 0 Å². The van der Waals surface area contributed by atoms with E-state index in [1.54, 1.807) is 6.92 Å². The molecule has 0 amide bonds. The molecule has 1 aromatic heterocycles. The predicted molar refractivity (Wildman–Crippen MR) is 39.6 cm³/mol. The van der Waals surface area contributed by atoms with Crippen LogP contribution >= 0.6 is 0 Å². The van der Waals surface area contributed by atoms with Crippen molar-refractivity contribution in [3.05, 3.63) is 27.9 Å². The van der Waals surface area contributed by atoms with E-state index in [0.717, 1.165) is 6.20 Å². The largest absolute Gasteiger partial charge is 0.323 e. The minimum atomic E-state index is -0.285. The van der Waals surface area contributed by atoms with Gasteiger partial charge >= 0.3 is 0 Å². The molecule has 58 valence electrons. The van der Waals surface area contributed by atoms with Crippen LogP contribution in [0.5, 0.6) is 0 Å². The first kappa shape index (κ1) is 7.65. The molecule has 11 heavy (non-hydrogen) atoms. The van der Waals surface area contributed by atoms with Gasteiger partial charge in [0, 0.05) is 12.6 Å². The van der Waals surface area contributed by atoms with Gasteiger partial charge in [0.25, 0.3) is 5.56 Å². The SMILES string of the molecule is CC(=O)c1ncc(=O)[nH]c1C. The van der Waals surface area contributed by atoms with Gasteiger partial charge in [-0.3, -0.25) is 9.59 Å². The van der Waals surface area contributed by atoms with Gasteiger partial charge in [0.1, 0.15) is 5.69 Å². The van der Waals surface area contributed by atoms with Gasteiger partial charge in [0.2, 0.25) is 0 Å². The van der Waals surface area contributed by atoms with Gasteiger partial charge < -0.3 is 4.98 Å². The van der Waals surface area contributed by atoms with Gasteiger partial charge in [-0.05, 0) is 6.92 Å². The number of carbonyl (C=O) groups is 1. The van der Waals surface area contributed by atoms with E-state index in [1.807, 2.05) is 0 Å². The molecule has 0 spiro atoms. The Morgan fingerprint density at radius 3 is 2.73 bits per heavy atom. The Labute approximate surface area is 63.3 Å². The van der Waals surface area contributed by atoms with Gasteiger partial charge in [0.15, 0.2) is 5.78 Å². The third-order valence-electron chi connectivity index (χ3n) is 1.31. The lowest BCUT2D eigenvalue weighted by molar-refractivity contribution is 0.101. The molecule has 1 rings (SSSR count). The molecule has 0 fully saturated rings. The first-order valence-corrected chi connectivity index (χ1v) is 3.18. The Kier molecular flexibility index (Phi) is 1.85. The molecule has 0 bridgehead atoms. The maximum absolute atomic E-state index is 10.8. The van der Waals surface area contributed by atoms with Crippen LogP contribution in [-0.2, 0) is 0 Å². The lowest BCUT2D eigenvalue weighted by Gasteiger charge is -1.96. The maximum atomic E-state index is 10.8. The van der Waals surface area contributed by atoms with Gasteiger partial charge in [0.05, 0.1) is 6.20 Å². The molecule has 1 aromatic rings. The number of rotatable bonds is 1. The first-order chi connectivity index (χ1) is 5.11. The second-order valence-electron chi connectivity index (χ2n) is 2.28. The number of aromatic nitrogens is 2. The van der Waals surface area contributed by atoms with Crippen LogP contribution in [0, 0.1) is 6.92 Å². The van der Waals surface area contributed by atoms with Crippen molar-refractivity contribution in [2.75, 3.05) is 0 Å². The van der Waals surface area contributed by atoms with Crippen LogP contribution in [0.3, 0.4) is 0 Å². The van der Waals surface area contributed by atoms with Crippen molar-refractivity contribution in [2.24, 2.45) is 0 Å². The number of Topliss-reactive ketones (excluding diaryl/α,β-unsaturated/α-hetero) is 1. The number of nitrogens with zero attached hydrogens (tertiary/aromatic N) is 1.